The van der Waals surface area contributed by atoms with Crippen LogP contribution >= 0.6 is 0 Å². The first-order chi connectivity index (χ1) is 9.40. The van der Waals surface area contributed by atoms with Crippen molar-refractivity contribution in [3.63, 3.8) is 0 Å². The van der Waals surface area contributed by atoms with Crippen LogP contribution in [-0.4, -0.2) is 16.0 Å². The van der Waals surface area contributed by atoms with Crippen molar-refractivity contribution in [2.45, 2.75) is 44.9 Å². The number of nitro groups is 1. The summed E-state index contributed by atoms with van der Waals surface area (Å²) in [6.07, 6.45) is 2.33. The Hall–Kier alpha value is -2.11. The minimum Gasteiger partial charge on any atom is -0.481 e. The van der Waals surface area contributed by atoms with Crippen LogP contribution in [0.3, 0.4) is 0 Å². The minimum atomic E-state index is -1.16. The van der Waals surface area contributed by atoms with E-state index in [2.05, 4.69) is 0 Å². The highest BCUT2D eigenvalue weighted by atomic mass is 16.6. The van der Waals surface area contributed by atoms with Crippen molar-refractivity contribution in [3.8, 4) is 0 Å². The third kappa shape index (κ3) is 2.74. The molecule has 3 N–H and O–H groups in total. The van der Waals surface area contributed by atoms with Crippen LogP contribution in [0.25, 0.3) is 0 Å². The highest BCUT2D eigenvalue weighted by Crippen LogP contribution is 2.40. The summed E-state index contributed by atoms with van der Waals surface area (Å²) in [7, 11) is 0. The maximum atomic E-state index is 11.8. The lowest BCUT2D eigenvalue weighted by atomic mass is 9.73. The topological polar surface area (TPSA) is 106 Å². The van der Waals surface area contributed by atoms with E-state index in [1.54, 1.807) is 13.0 Å². The number of nitrogen functional groups attached to an aromatic ring is 1. The molecule has 6 heteroatoms. The number of hydrogen-bond donors (Lipinski definition) is 2. The second-order valence-corrected chi connectivity index (χ2v) is 4.84. The first-order valence-corrected chi connectivity index (χ1v) is 6.67. The normalized spacial score (nSPS) is 13.7. The maximum Gasteiger partial charge on any atom is 0.314 e. The van der Waals surface area contributed by atoms with Crippen LogP contribution in [0.2, 0.25) is 0 Å². The molecule has 0 aliphatic heterocycles. The number of nitrogens with zero attached hydrogens (tertiary/aromatic N) is 1. The van der Waals surface area contributed by atoms with Gasteiger partial charge < -0.3 is 10.8 Å². The molecule has 1 rings (SSSR count). The molecule has 0 bridgehead atoms. The van der Waals surface area contributed by atoms with Crippen molar-refractivity contribution in [2.24, 2.45) is 0 Å². The highest BCUT2D eigenvalue weighted by Gasteiger charge is 2.40. The van der Waals surface area contributed by atoms with E-state index >= 15 is 0 Å². The lowest BCUT2D eigenvalue weighted by molar-refractivity contribution is -0.384. The molecule has 0 aromatic heterocycles. The third-order valence-corrected chi connectivity index (χ3v) is 3.77. The Kier molecular flexibility index (Phi) is 5.07. The molecule has 0 saturated carbocycles. The molecular weight excluding hydrogens is 260 g/mol. The number of aliphatic carboxylic acids is 1. The summed E-state index contributed by atoms with van der Waals surface area (Å²) in [5.41, 5.74) is 4.75. The molecule has 0 amide bonds. The summed E-state index contributed by atoms with van der Waals surface area (Å²) in [5, 5.41) is 20.6. The van der Waals surface area contributed by atoms with Gasteiger partial charge in [-0.3, -0.25) is 14.9 Å². The Morgan fingerprint density at radius 1 is 1.45 bits per heavy atom. The molecule has 0 aliphatic rings. The first kappa shape index (κ1) is 15.9. The molecule has 0 heterocycles. The average Bonchev–Trinajstić information content (AvgIpc) is 2.40. The molecule has 6 nitrogen and oxygen atoms in total. The van der Waals surface area contributed by atoms with Crippen molar-refractivity contribution in [2.75, 3.05) is 5.73 Å². The summed E-state index contributed by atoms with van der Waals surface area (Å²) in [6, 6.07) is 4.36. The van der Waals surface area contributed by atoms with E-state index in [9.17, 15) is 20.0 Å². The van der Waals surface area contributed by atoms with Gasteiger partial charge in [-0.05, 0) is 18.4 Å². The predicted octanol–water partition coefficient (Wildman–Crippen LogP) is 3.10. The minimum absolute atomic E-state index is 0.0437. The standard InChI is InChI=1S/C14H20N2O4/c1-3-5-9-14(4-2,13(17)18)10-7-6-8-11(12(10)15)16(19)20/h6-8H,3-5,9,15H2,1-2H3,(H,17,18). The summed E-state index contributed by atoms with van der Waals surface area (Å²) >= 11 is 0. The van der Waals surface area contributed by atoms with Crippen molar-refractivity contribution < 1.29 is 14.8 Å². The predicted molar refractivity (Wildman–Crippen MR) is 76.6 cm³/mol. The first-order valence-electron chi connectivity index (χ1n) is 6.67. The highest BCUT2D eigenvalue weighted by molar-refractivity contribution is 5.85. The molecule has 110 valence electrons. The molecule has 0 aliphatic carbocycles. The van der Waals surface area contributed by atoms with Crippen molar-refractivity contribution in [1.29, 1.82) is 0 Å². The number of nitrogens with two attached hydrogens (primary N) is 1. The molecule has 1 atom stereocenters. The van der Waals surface area contributed by atoms with Gasteiger partial charge in [0.15, 0.2) is 0 Å². The summed E-state index contributed by atoms with van der Waals surface area (Å²) in [6.45, 7) is 3.74. The van der Waals surface area contributed by atoms with Gasteiger partial charge >= 0.3 is 5.97 Å². The quantitative estimate of drug-likeness (QED) is 0.453. The smallest absolute Gasteiger partial charge is 0.314 e. The van der Waals surface area contributed by atoms with Gasteiger partial charge in [0.25, 0.3) is 5.69 Å². The zero-order valence-electron chi connectivity index (χ0n) is 11.8. The maximum absolute atomic E-state index is 11.8. The molecule has 1 unspecified atom stereocenters. The lowest BCUT2D eigenvalue weighted by Crippen LogP contribution is -2.36. The lowest BCUT2D eigenvalue weighted by Gasteiger charge is -2.29. The summed E-state index contributed by atoms with van der Waals surface area (Å²) < 4.78 is 0. The summed E-state index contributed by atoms with van der Waals surface area (Å²) in [4.78, 5) is 22.1. The van der Waals surface area contributed by atoms with Crippen LogP contribution in [0.5, 0.6) is 0 Å². The zero-order valence-corrected chi connectivity index (χ0v) is 11.8. The van der Waals surface area contributed by atoms with E-state index in [4.69, 9.17) is 5.73 Å². The van der Waals surface area contributed by atoms with E-state index in [0.29, 0.717) is 18.4 Å². The SMILES string of the molecule is CCCCC(CC)(C(=O)O)c1cccc([N+](=O)[O-])c1N. The van der Waals surface area contributed by atoms with E-state index in [1.165, 1.54) is 12.1 Å². The fourth-order valence-electron chi connectivity index (χ4n) is 2.48. The van der Waals surface area contributed by atoms with Gasteiger partial charge in [0.1, 0.15) is 5.69 Å². The van der Waals surface area contributed by atoms with Gasteiger partial charge in [0.2, 0.25) is 0 Å². The Morgan fingerprint density at radius 3 is 2.55 bits per heavy atom. The Labute approximate surface area is 117 Å². The third-order valence-electron chi connectivity index (χ3n) is 3.77. The van der Waals surface area contributed by atoms with Gasteiger partial charge in [0, 0.05) is 6.07 Å². The number of hydrogen-bond acceptors (Lipinski definition) is 4. The second kappa shape index (κ2) is 6.36. The number of benzene rings is 1. The number of rotatable bonds is 7. The molecular formula is C14H20N2O4. The Morgan fingerprint density at radius 2 is 2.10 bits per heavy atom. The fraction of sp³-hybridized carbons (Fsp3) is 0.500. The second-order valence-electron chi connectivity index (χ2n) is 4.84. The molecule has 20 heavy (non-hydrogen) atoms. The number of carboxylic acid groups (broad SMARTS) is 1. The average molecular weight is 280 g/mol. The number of para-hydroxylation sites is 1. The van der Waals surface area contributed by atoms with Crippen LogP contribution in [-0.2, 0) is 10.2 Å². The Balaban J connectivity index is 3.45. The Bertz CT molecular complexity index is 516. The van der Waals surface area contributed by atoms with Gasteiger partial charge in [-0.25, -0.2) is 0 Å². The van der Waals surface area contributed by atoms with Gasteiger partial charge in [-0.1, -0.05) is 38.8 Å². The van der Waals surface area contributed by atoms with Crippen LogP contribution in [0.15, 0.2) is 18.2 Å². The largest absolute Gasteiger partial charge is 0.481 e. The number of carbonyl (C=O) groups is 1. The molecule has 1 aromatic carbocycles. The molecule has 0 fully saturated rings. The van der Waals surface area contributed by atoms with Crippen LogP contribution in [0, 0.1) is 10.1 Å². The van der Waals surface area contributed by atoms with Crippen LogP contribution < -0.4 is 5.73 Å². The fourth-order valence-corrected chi connectivity index (χ4v) is 2.48. The molecule has 1 aromatic rings. The van der Waals surface area contributed by atoms with Gasteiger partial charge in [0.05, 0.1) is 10.3 Å². The summed E-state index contributed by atoms with van der Waals surface area (Å²) in [5.74, 6) is -0.986. The molecule has 0 spiro atoms. The number of carboxylic acids is 1. The van der Waals surface area contributed by atoms with E-state index < -0.39 is 16.3 Å². The number of unbranched alkanes of at least 4 members (excludes halogenated alkanes) is 1. The van der Waals surface area contributed by atoms with Crippen LogP contribution in [0.4, 0.5) is 11.4 Å². The number of anilines is 1. The van der Waals surface area contributed by atoms with Crippen molar-refractivity contribution >= 4 is 17.3 Å². The van der Waals surface area contributed by atoms with Crippen molar-refractivity contribution in [1.82, 2.24) is 0 Å². The van der Waals surface area contributed by atoms with E-state index in [0.717, 1.165) is 12.8 Å². The zero-order chi connectivity index (χ0) is 15.3. The van der Waals surface area contributed by atoms with Gasteiger partial charge in [-0.2, -0.15) is 0 Å². The molecule has 0 radical (unpaired) electrons. The van der Waals surface area contributed by atoms with Crippen molar-refractivity contribution in [3.05, 3.63) is 33.9 Å². The van der Waals surface area contributed by atoms with Crippen LogP contribution in [0.1, 0.15) is 45.1 Å². The van der Waals surface area contributed by atoms with E-state index in [-0.39, 0.29) is 11.4 Å². The monoisotopic (exact) mass is 280 g/mol. The van der Waals surface area contributed by atoms with E-state index in [1.807, 2.05) is 6.92 Å². The van der Waals surface area contributed by atoms with Gasteiger partial charge in [-0.15, -0.1) is 0 Å². The number of nitro benzene ring substituents is 1. The molecule has 0 saturated heterocycles.